The van der Waals surface area contributed by atoms with E-state index in [0.29, 0.717) is 24.4 Å². The zero-order valence-electron chi connectivity index (χ0n) is 16.3. The van der Waals surface area contributed by atoms with E-state index in [1.807, 2.05) is 18.9 Å². The van der Waals surface area contributed by atoms with Crippen molar-refractivity contribution in [2.24, 2.45) is 10.9 Å². The van der Waals surface area contributed by atoms with Crippen LogP contribution in [0.5, 0.6) is 0 Å². The molecule has 6 nitrogen and oxygen atoms in total. The number of likely N-dealkylation sites (tertiary alicyclic amines) is 2. The number of rotatable bonds is 6. The molecule has 146 valence electrons. The second-order valence-electron chi connectivity index (χ2n) is 7.33. The minimum Gasteiger partial charge on any atom is -0.355 e. The molecule has 2 fully saturated rings. The van der Waals surface area contributed by atoms with E-state index in [2.05, 4.69) is 34.4 Å². The van der Waals surface area contributed by atoms with Crippen molar-refractivity contribution in [3.05, 3.63) is 0 Å². The quantitative estimate of drug-likeness (QED) is 0.358. The number of carbonyl (C=O) groups is 1. The fraction of sp³-hybridized carbons (Fsp3) is 0.889. The number of hydrogen-bond donors (Lipinski definition) is 2. The number of nitrogens with zero attached hydrogens (tertiary/aromatic N) is 3. The molecule has 0 bridgehead atoms. The molecule has 0 aromatic carbocycles. The monoisotopic (exact) mass is 465 g/mol. The fourth-order valence-electron chi connectivity index (χ4n) is 3.78. The van der Waals surface area contributed by atoms with Crippen LogP contribution in [0, 0.1) is 5.92 Å². The minimum atomic E-state index is 0. The molecule has 0 aromatic rings. The van der Waals surface area contributed by atoms with Gasteiger partial charge in [-0.3, -0.25) is 14.7 Å². The van der Waals surface area contributed by atoms with Crippen molar-refractivity contribution < 1.29 is 4.79 Å². The highest BCUT2D eigenvalue weighted by Crippen LogP contribution is 2.17. The van der Waals surface area contributed by atoms with Crippen LogP contribution in [-0.4, -0.2) is 73.5 Å². The number of hydrogen-bond acceptors (Lipinski definition) is 3. The van der Waals surface area contributed by atoms with E-state index < -0.39 is 0 Å². The average Bonchev–Trinajstić information content (AvgIpc) is 3.24. The largest absolute Gasteiger partial charge is 0.355 e. The van der Waals surface area contributed by atoms with Gasteiger partial charge >= 0.3 is 0 Å². The summed E-state index contributed by atoms with van der Waals surface area (Å²) in [6.07, 6.45) is 4.22. The molecule has 2 atom stereocenters. The molecule has 0 radical (unpaired) electrons. The SMILES string of the molecule is CCC(=O)N1CCC(NC(=NC)NCC(C(C)C)N2CCCC2)C1.I. The van der Waals surface area contributed by atoms with Crippen LogP contribution < -0.4 is 10.6 Å². The van der Waals surface area contributed by atoms with Crippen LogP contribution in [0.4, 0.5) is 0 Å². The molecule has 0 spiro atoms. The van der Waals surface area contributed by atoms with Crippen LogP contribution >= 0.6 is 24.0 Å². The van der Waals surface area contributed by atoms with Gasteiger partial charge in [0.05, 0.1) is 0 Å². The van der Waals surface area contributed by atoms with E-state index in [0.717, 1.165) is 32.0 Å². The normalized spacial score (nSPS) is 22.8. The zero-order valence-corrected chi connectivity index (χ0v) is 18.6. The molecule has 0 aliphatic carbocycles. The number of aliphatic imine (C=N–C) groups is 1. The Labute approximate surface area is 170 Å². The third-order valence-corrected chi connectivity index (χ3v) is 5.27. The minimum absolute atomic E-state index is 0. The van der Waals surface area contributed by atoms with E-state index in [1.54, 1.807) is 0 Å². The van der Waals surface area contributed by atoms with E-state index in [1.165, 1.54) is 25.9 Å². The number of halogens is 1. The van der Waals surface area contributed by atoms with Gasteiger partial charge in [-0.2, -0.15) is 0 Å². The maximum absolute atomic E-state index is 11.8. The third-order valence-electron chi connectivity index (χ3n) is 5.27. The van der Waals surface area contributed by atoms with Crippen LogP contribution in [0.25, 0.3) is 0 Å². The number of amides is 1. The summed E-state index contributed by atoms with van der Waals surface area (Å²) in [4.78, 5) is 20.7. The lowest BCUT2D eigenvalue weighted by Gasteiger charge is -2.31. The van der Waals surface area contributed by atoms with Crippen LogP contribution in [-0.2, 0) is 4.79 Å². The van der Waals surface area contributed by atoms with E-state index in [4.69, 9.17) is 0 Å². The summed E-state index contributed by atoms with van der Waals surface area (Å²) in [5.41, 5.74) is 0. The topological polar surface area (TPSA) is 60.0 Å². The van der Waals surface area contributed by atoms with Crippen LogP contribution in [0.3, 0.4) is 0 Å². The van der Waals surface area contributed by atoms with Crippen molar-refractivity contribution in [3.8, 4) is 0 Å². The standard InChI is InChI=1S/C18H35N5O.HI/c1-5-17(24)23-11-8-15(13-23)21-18(19-4)20-12-16(14(2)3)22-9-6-7-10-22;/h14-16H,5-13H2,1-4H3,(H2,19,20,21);1H. The Morgan fingerprint density at radius 3 is 2.48 bits per heavy atom. The smallest absolute Gasteiger partial charge is 0.222 e. The van der Waals surface area contributed by atoms with Crippen LogP contribution in [0.1, 0.15) is 46.5 Å². The first-order valence-corrected chi connectivity index (χ1v) is 9.54. The summed E-state index contributed by atoms with van der Waals surface area (Å²) < 4.78 is 0. The second-order valence-corrected chi connectivity index (χ2v) is 7.33. The molecule has 25 heavy (non-hydrogen) atoms. The maximum atomic E-state index is 11.8. The van der Waals surface area contributed by atoms with Gasteiger partial charge in [0.15, 0.2) is 5.96 Å². The van der Waals surface area contributed by atoms with Crippen molar-refractivity contribution in [2.75, 3.05) is 39.8 Å². The van der Waals surface area contributed by atoms with Crippen molar-refractivity contribution >= 4 is 35.8 Å². The van der Waals surface area contributed by atoms with Gasteiger partial charge in [0.1, 0.15) is 0 Å². The molecule has 7 heteroatoms. The van der Waals surface area contributed by atoms with E-state index in [9.17, 15) is 4.79 Å². The first kappa shape index (κ1) is 22.5. The predicted molar refractivity (Wildman–Crippen MR) is 115 cm³/mol. The first-order valence-electron chi connectivity index (χ1n) is 9.54. The predicted octanol–water partition coefficient (Wildman–Crippen LogP) is 1.90. The first-order chi connectivity index (χ1) is 11.5. The maximum Gasteiger partial charge on any atom is 0.222 e. The lowest BCUT2D eigenvalue weighted by Crippen LogP contribution is -2.51. The van der Waals surface area contributed by atoms with Crippen molar-refractivity contribution in [3.63, 3.8) is 0 Å². The zero-order chi connectivity index (χ0) is 17.5. The van der Waals surface area contributed by atoms with E-state index >= 15 is 0 Å². The van der Waals surface area contributed by atoms with Crippen molar-refractivity contribution in [1.29, 1.82) is 0 Å². The summed E-state index contributed by atoms with van der Waals surface area (Å²) >= 11 is 0. The molecular formula is C18H36IN5O. The Hall–Kier alpha value is -0.570. The Bertz CT molecular complexity index is 437. The van der Waals surface area contributed by atoms with Gasteiger partial charge in [-0.05, 0) is 38.3 Å². The molecule has 2 saturated heterocycles. The molecule has 2 aliphatic heterocycles. The highest BCUT2D eigenvalue weighted by Gasteiger charge is 2.27. The molecule has 0 aromatic heterocycles. The van der Waals surface area contributed by atoms with Gasteiger partial charge in [0.2, 0.25) is 5.91 Å². The number of carbonyl (C=O) groups excluding carboxylic acids is 1. The van der Waals surface area contributed by atoms with Gasteiger partial charge in [-0.15, -0.1) is 24.0 Å². The molecule has 2 heterocycles. The molecule has 2 N–H and O–H groups in total. The lowest BCUT2D eigenvalue weighted by molar-refractivity contribution is -0.129. The summed E-state index contributed by atoms with van der Waals surface area (Å²) in [5, 5.41) is 6.99. The van der Waals surface area contributed by atoms with E-state index in [-0.39, 0.29) is 29.9 Å². The third kappa shape index (κ3) is 6.58. The van der Waals surface area contributed by atoms with Crippen LogP contribution in [0.2, 0.25) is 0 Å². The van der Waals surface area contributed by atoms with Crippen LogP contribution in [0.15, 0.2) is 4.99 Å². The molecular weight excluding hydrogens is 429 g/mol. The average molecular weight is 465 g/mol. The highest BCUT2D eigenvalue weighted by atomic mass is 127. The molecule has 2 unspecified atom stereocenters. The molecule has 2 aliphatic rings. The Morgan fingerprint density at radius 2 is 1.92 bits per heavy atom. The fourth-order valence-corrected chi connectivity index (χ4v) is 3.78. The van der Waals surface area contributed by atoms with Gasteiger partial charge in [-0.1, -0.05) is 20.8 Å². The Kier molecular flexibility index (Phi) is 10.1. The summed E-state index contributed by atoms with van der Waals surface area (Å²) in [7, 11) is 1.82. The number of nitrogens with one attached hydrogen (secondary N) is 2. The van der Waals surface area contributed by atoms with Crippen molar-refractivity contribution in [2.45, 2.75) is 58.5 Å². The van der Waals surface area contributed by atoms with Gasteiger partial charge in [0.25, 0.3) is 0 Å². The molecule has 1 amide bonds. The highest BCUT2D eigenvalue weighted by molar-refractivity contribution is 14.0. The lowest BCUT2D eigenvalue weighted by atomic mass is 10.0. The Balaban J connectivity index is 0.00000312. The second kappa shape index (κ2) is 11.2. The summed E-state index contributed by atoms with van der Waals surface area (Å²) in [5.74, 6) is 1.73. The van der Waals surface area contributed by atoms with Crippen molar-refractivity contribution in [1.82, 2.24) is 20.4 Å². The molecule has 0 saturated carbocycles. The number of guanidine groups is 1. The summed E-state index contributed by atoms with van der Waals surface area (Å²) in [6, 6.07) is 0.851. The van der Waals surface area contributed by atoms with Gasteiger partial charge in [0, 0.05) is 45.2 Å². The summed E-state index contributed by atoms with van der Waals surface area (Å²) in [6.45, 7) is 11.5. The Morgan fingerprint density at radius 1 is 1.24 bits per heavy atom. The van der Waals surface area contributed by atoms with Gasteiger partial charge in [-0.25, -0.2) is 0 Å². The van der Waals surface area contributed by atoms with Gasteiger partial charge < -0.3 is 15.5 Å². The molecule has 2 rings (SSSR count).